The Bertz CT molecular complexity index is 1410. The number of amides is 1. The lowest BCUT2D eigenvalue weighted by molar-refractivity contribution is -0.138. The molecule has 1 aliphatic heterocycles. The van der Waals surface area contributed by atoms with Crippen molar-refractivity contribution in [2.75, 3.05) is 45.7 Å². The summed E-state index contributed by atoms with van der Waals surface area (Å²) in [7, 11) is 3.87. The molecule has 0 radical (unpaired) electrons. The van der Waals surface area contributed by atoms with E-state index >= 15 is 0 Å². The Hall–Kier alpha value is -3.85. The molecule has 1 N–H and O–H groups in total. The number of carbonyl (C=O) groups excluding carboxylic acids is 1. The van der Waals surface area contributed by atoms with Crippen molar-refractivity contribution in [3.8, 4) is 22.5 Å². The standard InChI is InChI=1S/C29H31N5O3/c1-20-18-24(28-30-21(2)37-32-28)12-13-27(20)22-8-10-23(11-9-22)29(35)31-25-6-5-7-26(19-25)34(36-4)16-14-33(3)15-17-34/h5-13,18-19H,14-17H2,1-4H3/p+1. The van der Waals surface area contributed by atoms with E-state index in [1.807, 2.05) is 60.7 Å². The Morgan fingerprint density at radius 1 is 1.00 bits per heavy atom. The van der Waals surface area contributed by atoms with E-state index in [-0.39, 0.29) is 5.91 Å². The van der Waals surface area contributed by atoms with Crippen LogP contribution in [0, 0.1) is 13.8 Å². The summed E-state index contributed by atoms with van der Waals surface area (Å²) in [6.07, 6.45) is 0. The summed E-state index contributed by atoms with van der Waals surface area (Å²) >= 11 is 0. The number of nitrogens with zero attached hydrogens (tertiary/aromatic N) is 4. The Kier molecular flexibility index (Phi) is 6.88. The highest BCUT2D eigenvalue weighted by Crippen LogP contribution is 2.30. The number of aromatic nitrogens is 2. The van der Waals surface area contributed by atoms with Crippen LogP contribution in [-0.2, 0) is 4.84 Å². The first-order valence-electron chi connectivity index (χ1n) is 12.4. The highest BCUT2D eigenvalue weighted by atomic mass is 16.7. The number of hydrogen-bond donors (Lipinski definition) is 1. The molecule has 0 spiro atoms. The average Bonchev–Trinajstić information content (AvgIpc) is 3.36. The normalized spacial score (nSPS) is 15.5. The quantitative estimate of drug-likeness (QED) is 0.373. The molecule has 0 bridgehead atoms. The van der Waals surface area contributed by atoms with Gasteiger partial charge in [-0.15, -0.1) is 4.65 Å². The number of aryl methyl sites for hydroxylation is 2. The van der Waals surface area contributed by atoms with Gasteiger partial charge < -0.3 is 9.84 Å². The summed E-state index contributed by atoms with van der Waals surface area (Å²) in [6, 6.07) is 21.7. The number of nitrogens with one attached hydrogen (secondary N) is 1. The Balaban J connectivity index is 1.30. The zero-order chi connectivity index (χ0) is 26.0. The lowest BCUT2D eigenvalue weighted by Gasteiger charge is -2.39. The van der Waals surface area contributed by atoms with Crippen molar-refractivity contribution < 1.29 is 14.2 Å². The molecule has 190 valence electrons. The number of rotatable bonds is 6. The lowest BCUT2D eigenvalue weighted by Crippen LogP contribution is -2.59. The number of piperazine rings is 1. The van der Waals surface area contributed by atoms with Crippen LogP contribution in [0.5, 0.6) is 0 Å². The minimum atomic E-state index is -0.148. The number of benzene rings is 3. The summed E-state index contributed by atoms with van der Waals surface area (Å²) in [4.78, 5) is 25.6. The predicted octanol–water partition coefficient (Wildman–Crippen LogP) is 5.09. The molecule has 3 aromatic carbocycles. The minimum absolute atomic E-state index is 0.148. The van der Waals surface area contributed by atoms with Crippen LogP contribution in [0.4, 0.5) is 11.4 Å². The highest BCUT2D eigenvalue weighted by Gasteiger charge is 2.36. The fourth-order valence-corrected chi connectivity index (χ4v) is 4.82. The van der Waals surface area contributed by atoms with Crippen LogP contribution >= 0.6 is 0 Å². The van der Waals surface area contributed by atoms with E-state index in [0.29, 0.717) is 21.9 Å². The minimum Gasteiger partial charge on any atom is -0.339 e. The summed E-state index contributed by atoms with van der Waals surface area (Å²) in [5.74, 6) is 0.969. The molecule has 0 unspecified atom stereocenters. The zero-order valence-electron chi connectivity index (χ0n) is 21.7. The molecule has 0 aliphatic carbocycles. The van der Waals surface area contributed by atoms with Gasteiger partial charge in [-0.25, -0.2) is 4.84 Å². The van der Waals surface area contributed by atoms with Crippen LogP contribution in [0.25, 0.3) is 22.5 Å². The maximum absolute atomic E-state index is 13.0. The fourth-order valence-electron chi connectivity index (χ4n) is 4.82. The van der Waals surface area contributed by atoms with E-state index in [4.69, 9.17) is 9.36 Å². The van der Waals surface area contributed by atoms with Crippen LogP contribution in [0.1, 0.15) is 21.8 Å². The van der Waals surface area contributed by atoms with Crippen molar-refractivity contribution in [3.05, 3.63) is 83.7 Å². The SMILES string of the molecule is CO[N+]1(c2cccc(NC(=O)c3ccc(-c4ccc(-c5noc(C)n5)cc4C)cc3)c2)CCN(C)CC1. The van der Waals surface area contributed by atoms with Crippen molar-refractivity contribution in [1.29, 1.82) is 0 Å². The molecule has 37 heavy (non-hydrogen) atoms. The van der Waals surface area contributed by atoms with Crippen LogP contribution in [0.2, 0.25) is 0 Å². The largest absolute Gasteiger partial charge is 0.339 e. The number of hydroxylamine groups is 2. The summed E-state index contributed by atoms with van der Waals surface area (Å²) in [5, 5.41) is 7.05. The van der Waals surface area contributed by atoms with E-state index in [9.17, 15) is 4.79 Å². The first kappa shape index (κ1) is 24.8. The summed E-state index contributed by atoms with van der Waals surface area (Å²) in [6.45, 7) is 7.46. The van der Waals surface area contributed by atoms with Crippen LogP contribution < -0.4 is 9.96 Å². The second-order valence-corrected chi connectivity index (χ2v) is 9.57. The van der Waals surface area contributed by atoms with Crippen molar-refractivity contribution >= 4 is 17.3 Å². The smallest absolute Gasteiger partial charge is 0.255 e. The number of hydrogen-bond acceptors (Lipinski definition) is 6. The molecule has 0 atom stereocenters. The lowest BCUT2D eigenvalue weighted by atomic mass is 9.97. The van der Waals surface area contributed by atoms with Gasteiger partial charge in [0.25, 0.3) is 5.91 Å². The monoisotopic (exact) mass is 498 g/mol. The van der Waals surface area contributed by atoms with E-state index in [0.717, 1.165) is 59.8 Å². The molecule has 1 saturated heterocycles. The molecule has 8 heteroatoms. The van der Waals surface area contributed by atoms with E-state index in [2.05, 4.69) is 40.4 Å². The first-order chi connectivity index (χ1) is 17.9. The third-order valence-electron chi connectivity index (χ3n) is 7.08. The number of anilines is 1. The van der Waals surface area contributed by atoms with Gasteiger partial charge in [0.05, 0.1) is 20.2 Å². The maximum atomic E-state index is 13.0. The van der Waals surface area contributed by atoms with Gasteiger partial charge in [0, 0.05) is 35.9 Å². The van der Waals surface area contributed by atoms with Crippen LogP contribution in [-0.4, -0.2) is 61.3 Å². The Morgan fingerprint density at radius 2 is 1.73 bits per heavy atom. The zero-order valence-corrected chi connectivity index (χ0v) is 21.7. The second kappa shape index (κ2) is 10.3. The van der Waals surface area contributed by atoms with E-state index in [1.165, 1.54) is 0 Å². The number of quaternary nitrogens is 1. The second-order valence-electron chi connectivity index (χ2n) is 9.57. The Morgan fingerprint density at radius 3 is 2.38 bits per heavy atom. The molecule has 1 amide bonds. The molecule has 8 nitrogen and oxygen atoms in total. The average molecular weight is 499 g/mol. The maximum Gasteiger partial charge on any atom is 0.255 e. The van der Waals surface area contributed by atoms with Crippen LogP contribution in [0.15, 0.2) is 71.3 Å². The molecule has 1 fully saturated rings. The third kappa shape index (κ3) is 5.17. The number of likely N-dealkylation sites (N-methyl/N-ethyl adjacent to an activating group) is 1. The van der Waals surface area contributed by atoms with Gasteiger partial charge in [-0.3, -0.25) is 9.69 Å². The van der Waals surface area contributed by atoms with Gasteiger partial charge in [-0.05, 0) is 54.9 Å². The van der Waals surface area contributed by atoms with Gasteiger partial charge in [0.2, 0.25) is 11.7 Å². The molecular formula is C29H32N5O3+. The molecule has 4 aromatic rings. The van der Waals surface area contributed by atoms with Crippen molar-refractivity contribution in [1.82, 2.24) is 19.7 Å². The van der Waals surface area contributed by atoms with Gasteiger partial charge >= 0.3 is 0 Å². The molecule has 2 heterocycles. The highest BCUT2D eigenvalue weighted by molar-refractivity contribution is 6.04. The molecule has 1 aliphatic rings. The molecular weight excluding hydrogens is 466 g/mol. The van der Waals surface area contributed by atoms with Crippen molar-refractivity contribution in [2.45, 2.75) is 13.8 Å². The molecule has 0 saturated carbocycles. The van der Waals surface area contributed by atoms with Crippen molar-refractivity contribution in [2.24, 2.45) is 0 Å². The van der Waals surface area contributed by atoms with Crippen molar-refractivity contribution in [3.63, 3.8) is 0 Å². The topological polar surface area (TPSA) is 80.5 Å². The van der Waals surface area contributed by atoms with Gasteiger partial charge in [0.15, 0.2) is 5.69 Å². The van der Waals surface area contributed by atoms with Gasteiger partial charge in [-0.1, -0.05) is 35.5 Å². The van der Waals surface area contributed by atoms with Gasteiger partial charge in [-0.2, -0.15) is 4.98 Å². The summed E-state index contributed by atoms with van der Waals surface area (Å²) in [5.41, 5.74) is 6.51. The van der Waals surface area contributed by atoms with Crippen LogP contribution in [0.3, 0.4) is 0 Å². The van der Waals surface area contributed by atoms with Gasteiger partial charge in [0.1, 0.15) is 13.1 Å². The fraction of sp³-hybridized carbons (Fsp3) is 0.276. The molecule has 5 rings (SSSR count). The first-order valence-corrected chi connectivity index (χ1v) is 12.4. The van der Waals surface area contributed by atoms with E-state index in [1.54, 1.807) is 14.0 Å². The summed E-state index contributed by atoms with van der Waals surface area (Å²) < 4.78 is 5.55. The Labute approximate surface area is 217 Å². The predicted molar refractivity (Wildman–Crippen MR) is 145 cm³/mol. The third-order valence-corrected chi connectivity index (χ3v) is 7.08. The van der Waals surface area contributed by atoms with E-state index < -0.39 is 0 Å². The number of carbonyl (C=O) groups is 1. The molecule has 1 aromatic heterocycles.